The average Bonchev–Trinajstić information content (AvgIpc) is 2.14. The summed E-state index contributed by atoms with van der Waals surface area (Å²) in [5.41, 5.74) is 0. The molecule has 0 aliphatic carbocycles. The molecular formula is C8H13NO4S2. The third kappa shape index (κ3) is 5.68. The molecule has 0 heterocycles. The van der Waals surface area contributed by atoms with Crippen LogP contribution in [0, 0.1) is 0 Å². The quantitative estimate of drug-likeness (QED) is 0.584. The zero-order valence-electron chi connectivity index (χ0n) is 8.05. The van der Waals surface area contributed by atoms with Crippen LogP contribution in [0.2, 0.25) is 0 Å². The molecule has 0 radical (unpaired) electrons. The lowest BCUT2D eigenvalue weighted by atomic mass is 10.3. The first-order valence-corrected chi connectivity index (χ1v) is 5.56. The molecule has 0 aromatic rings. The highest BCUT2D eigenvalue weighted by Gasteiger charge is 2.22. The van der Waals surface area contributed by atoms with Gasteiger partial charge in [0.05, 0.1) is 0 Å². The molecule has 0 aliphatic heterocycles. The number of carbonyl (C=O) groups is 3. The molecule has 0 aliphatic rings. The number of amides is 2. The molecule has 1 N–H and O–H groups in total. The van der Waals surface area contributed by atoms with Gasteiger partial charge in [-0.25, -0.2) is 0 Å². The molecule has 0 bridgehead atoms. The molecular weight excluding hydrogens is 238 g/mol. The van der Waals surface area contributed by atoms with Gasteiger partial charge in [-0.15, -0.1) is 0 Å². The Kier molecular flexibility index (Phi) is 7.23. The van der Waals surface area contributed by atoms with Crippen LogP contribution in [0.4, 0.5) is 0 Å². The topological polar surface area (TPSA) is 74.7 Å². The molecule has 0 aromatic carbocycles. The number of rotatable bonds is 6. The smallest absolute Gasteiger partial charge is 0.323 e. The first-order valence-electron chi connectivity index (χ1n) is 4.29. The van der Waals surface area contributed by atoms with Crippen molar-refractivity contribution in [1.29, 1.82) is 0 Å². The molecule has 0 saturated heterocycles. The molecule has 0 atom stereocenters. The van der Waals surface area contributed by atoms with Gasteiger partial charge < -0.3 is 5.11 Å². The first kappa shape index (κ1) is 14.3. The second-order valence-electron chi connectivity index (χ2n) is 2.71. The fourth-order valence-corrected chi connectivity index (χ4v) is 1.29. The molecule has 0 unspecified atom stereocenters. The van der Waals surface area contributed by atoms with Gasteiger partial charge in [0.1, 0.15) is 6.54 Å². The van der Waals surface area contributed by atoms with Crippen LogP contribution in [0.25, 0.3) is 0 Å². The minimum absolute atomic E-state index is 0.0503. The van der Waals surface area contributed by atoms with E-state index in [4.69, 9.17) is 5.11 Å². The zero-order chi connectivity index (χ0) is 11.8. The van der Waals surface area contributed by atoms with Crippen molar-refractivity contribution in [3.63, 3.8) is 0 Å². The minimum Gasteiger partial charge on any atom is -0.480 e. The van der Waals surface area contributed by atoms with E-state index in [1.54, 1.807) is 0 Å². The lowest BCUT2D eigenvalue weighted by molar-refractivity contribution is -0.152. The maximum atomic E-state index is 11.4. The maximum absolute atomic E-state index is 11.4. The number of imide groups is 1. The van der Waals surface area contributed by atoms with E-state index in [2.05, 4.69) is 25.3 Å². The van der Waals surface area contributed by atoms with E-state index >= 15 is 0 Å². The highest BCUT2D eigenvalue weighted by Crippen LogP contribution is 2.01. The highest BCUT2D eigenvalue weighted by molar-refractivity contribution is 7.80. The SMILES string of the molecule is O=C(O)CN(C(=O)CCS)C(=O)CCS. The summed E-state index contributed by atoms with van der Waals surface area (Å²) in [6, 6.07) is 0. The summed E-state index contributed by atoms with van der Waals surface area (Å²) in [4.78, 5) is 33.9. The molecule has 2 amide bonds. The Bertz CT molecular complexity index is 239. The Hall–Kier alpha value is -0.690. The fraction of sp³-hybridized carbons (Fsp3) is 0.625. The van der Waals surface area contributed by atoms with Crippen LogP contribution in [0.15, 0.2) is 0 Å². The summed E-state index contributed by atoms with van der Waals surface area (Å²) in [6.45, 7) is -0.598. The molecule has 0 spiro atoms. The summed E-state index contributed by atoms with van der Waals surface area (Å²) >= 11 is 7.69. The molecule has 7 heteroatoms. The normalized spacial score (nSPS) is 9.73. The number of carboxylic acid groups (broad SMARTS) is 1. The molecule has 86 valence electrons. The van der Waals surface area contributed by atoms with E-state index in [0.29, 0.717) is 0 Å². The van der Waals surface area contributed by atoms with Crippen LogP contribution in [0.5, 0.6) is 0 Å². The molecule has 0 rings (SSSR count). The number of thiol groups is 2. The van der Waals surface area contributed by atoms with Crippen molar-refractivity contribution in [3.8, 4) is 0 Å². The standard InChI is InChI=1S/C8H13NO4S2/c10-6(1-3-14)9(5-8(12)13)7(11)2-4-15/h14-15H,1-5H2,(H,12,13). The van der Waals surface area contributed by atoms with Gasteiger partial charge >= 0.3 is 5.97 Å². The predicted octanol–water partition coefficient (Wildman–Crippen LogP) is 0.0660. The molecule has 0 saturated carbocycles. The Morgan fingerprint density at radius 3 is 1.67 bits per heavy atom. The van der Waals surface area contributed by atoms with Crippen molar-refractivity contribution in [3.05, 3.63) is 0 Å². The summed E-state index contributed by atoms with van der Waals surface area (Å²) < 4.78 is 0. The number of carbonyl (C=O) groups excluding carboxylic acids is 2. The number of carboxylic acids is 1. The van der Waals surface area contributed by atoms with Crippen molar-refractivity contribution in [2.24, 2.45) is 0 Å². The van der Waals surface area contributed by atoms with E-state index in [-0.39, 0.29) is 24.3 Å². The Morgan fingerprint density at radius 2 is 1.40 bits per heavy atom. The van der Waals surface area contributed by atoms with Crippen molar-refractivity contribution in [2.45, 2.75) is 12.8 Å². The number of hydrogen-bond donors (Lipinski definition) is 3. The largest absolute Gasteiger partial charge is 0.480 e. The van der Waals surface area contributed by atoms with Gasteiger partial charge in [-0.05, 0) is 11.5 Å². The van der Waals surface area contributed by atoms with Gasteiger partial charge in [0.25, 0.3) is 0 Å². The van der Waals surface area contributed by atoms with Crippen LogP contribution < -0.4 is 0 Å². The summed E-state index contributed by atoms with van der Waals surface area (Å²) in [5, 5.41) is 8.53. The summed E-state index contributed by atoms with van der Waals surface area (Å²) in [5.74, 6) is -1.68. The van der Waals surface area contributed by atoms with E-state index < -0.39 is 24.3 Å². The van der Waals surface area contributed by atoms with Gasteiger partial charge in [-0.2, -0.15) is 25.3 Å². The number of nitrogens with zero attached hydrogens (tertiary/aromatic N) is 1. The van der Waals surface area contributed by atoms with Crippen molar-refractivity contribution < 1.29 is 19.5 Å². The lowest BCUT2D eigenvalue weighted by Gasteiger charge is -2.17. The van der Waals surface area contributed by atoms with Gasteiger partial charge in [-0.1, -0.05) is 0 Å². The summed E-state index contributed by atoms with van der Waals surface area (Å²) in [7, 11) is 0. The van der Waals surface area contributed by atoms with Gasteiger partial charge in [0.15, 0.2) is 0 Å². The van der Waals surface area contributed by atoms with Gasteiger partial charge in [-0.3, -0.25) is 19.3 Å². The molecule has 0 aromatic heterocycles. The van der Waals surface area contributed by atoms with Gasteiger partial charge in [0.2, 0.25) is 11.8 Å². The first-order chi connectivity index (χ1) is 7.02. The highest BCUT2D eigenvalue weighted by atomic mass is 32.1. The van der Waals surface area contributed by atoms with Crippen molar-refractivity contribution >= 4 is 43.0 Å². The van der Waals surface area contributed by atoms with E-state index in [1.807, 2.05) is 0 Å². The Labute approximate surface area is 98.6 Å². The third-order valence-corrected chi connectivity index (χ3v) is 1.99. The van der Waals surface area contributed by atoms with Crippen molar-refractivity contribution in [2.75, 3.05) is 18.1 Å². The second-order valence-corrected chi connectivity index (χ2v) is 3.61. The third-order valence-electron chi connectivity index (χ3n) is 1.55. The predicted molar refractivity (Wildman–Crippen MR) is 61.3 cm³/mol. The summed E-state index contributed by atoms with van der Waals surface area (Å²) in [6.07, 6.45) is 0.101. The Balaban J connectivity index is 4.49. The number of hydrogen-bond acceptors (Lipinski definition) is 5. The van der Waals surface area contributed by atoms with Gasteiger partial charge in [0, 0.05) is 12.8 Å². The lowest BCUT2D eigenvalue weighted by Crippen LogP contribution is -2.40. The van der Waals surface area contributed by atoms with Crippen LogP contribution in [-0.2, 0) is 14.4 Å². The molecule has 5 nitrogen and oxygen atoms in total. The number of aliphatic carboxylic acids is 1. The van der Waals surface area contributed by atoms with E-state index in [9.17, 15) is 14.4 Å². The van der Waals surface area contributed by atoms with Crippen LogP contribution in [0.3, 0.4) is 0 Å². The van der Waals surface area contributed by atoms with Crippen molar-refractivity contribution in [1.82, 2.24) is 4.90 Å². The molecule has 0 fully saturated rings. The van der Waals surface area contributed by atoms with Crippen LogP contribution in [0.1, 0.15) is 12.8 Å². The Morgan fingerprint density at radius 1 is 1.00 bits per heavy atom. The average molecular weight is 251 g/mol. The minimum atomic E-state index is -1.21. The van der Waals surface area contributed by atoms with Crippen LogP contribution in [-0.4, -0.2) is 45.8 Å². The van der Waals surface area contributed by atoms with E-state index in [0.717, 1.165) is 4.90 Å². The van der Waals surface area contributed by atoms with Crippen LogP contribution >= 0.6 is 25.3 Å². The maximum Gasteiger partial charge on any atom is 0.323 e. The fourth-order valence-electron chi connectivity index (χ4n) is 0.912. The second kappa shape index (κ2) is 7.58. The van der Waals surface area contributed by atoms with E-state index in [1.165, 1.54) is 0 Å². The molecule has 15 heavy (non-hydrogen) atoms. The monoisotopic (exact) mass is 251 g/mol. The zero-order valence-corrected chi connectivity index (χ0v) is 9.84.